The van der Waals surface area contributed by atoms with E-state index in [-0.39, 0.29) is 37.3 Å². The second-order valence-electron chi connectivity index (χ2n) is 7.13. The predicted molar refractivity (Wildman–Crippen MR) is 113 cm³/mol. The highest BCUT2D eigenvalue weighted by Gasteiger charge is 2.37. The van der Waals surface area contributed by atoms with Gasteiger partial charge in [-0.2, -0.15) is 0 Å². The van der Waals surface area contributed by atoms with Crippen molar-refractivity contribution in [1.29, 1.82) is 0 Å². The van der Waals surface area contributed by atoms with E-state index in [9.17, 15) is 14.4 Å². The van der Waals surface area contributed by atoms with Gasteiger partial charge in [-0.15, -0.1) is 0 Å². The predicted octanol–water partition coefficient (Wildman–Crippen LogP) is 3.16. The summed E-state index contributed by atoms with van der Waals surface area (Å²) in [5, 5.41) is 2.83. The van der Waals surface area contributed by atoms with E-state index in [2.05, 4.69) is 5.32 Å². The maximum atomic E-state index is 12.9. The van der Waals surface area contributed by atoms with Crippen molar-refractivity contribution in [1.82, 2.24) is 10.2 Å². The summed E-state index contributed by atoms with van der Waals surface area (Å²) < 4.78 is 5.26. The molecule has 0 fully saturated rings. The van der Waals surface area contributed by atoms with Gasteiger partial charge in [-0.3, -0.25) is 9.59 Å². The van der Waals surface area contributed by atoms with Gasteiger partial charge in [-0.05, 0) is 25.0 Å². The fraction of sp³-hybridized carbons (Fsp3) is 0.292. The third-order valence-corrected chi connectivity index (χ3v) is 5.15. The van der Waals surface area contributed by atoms with Crippen LogP contribution in [0.15, 0.2) is 71.9 Å². The molecule has 1 aliphatic rings. The van der Waals surface area contributed by atoms with E-state index in [0.717, 1.165) is 11.1 Å². The van der Waals surface area contributed by atoms with E-state index in [1.54, 1.807) is 13.8 Å². The number of esters is 1. The van der Waals surface area contributed by atoms with E-state index in [1.165, 1.54) is 4.90 Å². The van der Waals surface area contributed by atoms with Crippen LogP contribution in [-0.2, 0) is 25.7 Å². The van der Waals surface area contributed by atoms with Crippen molar-refractivity contribution in [2.24, 2.45) is 0 Å². The van der Waals surface area contributed by atoms with Crippen LogP contribution in [0.4, 0.5) is 0 Å². The molecular formula is C24H26N2O4. The first-order valence-electron chi connectivity index (χ1n) is 10.0. The summed E-state index contributed by atoms with van der Waals surface area (Å²) in [5.74, 6) is -1.32. The molecule has 6 nitrogen and oxygen atoms in total. The Morgan fingerprint density at radius 2 is 1.70 bits per heavy atom. The molecule has 0 spiro atoms. The number of nitrogens with one attached hydrogen (secondary N) is 1. The molecule has 0 bridgehead atoms. The summed E-state index contributed by atoms with van der Waals surface area (Å²) in [7, 11) is 0. The molecule has 0 aromatic heterocycles. The van der Waals surface area contributed by atoms with Gasteiger partial charge in [0.15, 0.2) is 0 Å². The van der Waals surface area contributed by atoms with Crippen LogP contribution < -0.4 is 5.32 Å². The molecule has 1 aliphatic heterocycles. The normalized spacial score (nSPS) is 16.4. The van der Waals surface area contributed by atoms with Crippen LogP contribution in [0.3, 0.4) is 0 Å². The molecular weight excluding hydrogens is 380 g/mol. The van der Waals surface area contributed by atoms with Crippen LogP contribution in [-0.4, -0.2) is 35.8 Å². The number of hydrogen-bond donors (Lipinski definition) is 1. The number of allylic oxidation sites excluding steroid dienone is 1. The fourth-order valence-electron chi connectivity index (χ4n) is 3.64. The number of ether oxygens (including phenoxy) is 1. The number of carbonyl (C=O) groups excluding carboxylic acids is 3. The van der Waals surface area contributed by atoms with E-state index >= 15 is 0 Å². The lowest BCUT2D eigenvalue weighted by Gasteiger charge is -2.34. The molecule has 0 radical (unpaired) electrons. The lowest BCUT2D eigenvalue weighted by molar-refractivity contribution is -0.141. The molecule has 2 aromatic carbocycles. The average Bonchev–Trinajstić information content (AvgIpc) is 2.76. The maximum Gasteiger partial charge on any atom is 0.336 e. The molecule has 3 rings (SSSR count). The third kappa shape index (κ3) is 4.95. The molecule has 156 valence electrons. The lowest BCUT2D eigenvalue weighted by Crippen LogP contribution is -2.44. The minimum atomic E-state index is -0.453. The van der Waals surface area contributed by atoms with Gasteiger partial charge in [0.05, 0.1) is 12.2 Å². The number of hydrogen-bond acceptors (Lipinski definition) is 4. The van der Waals surface area contributed by atoms with E-state index in [0.29, 0.717) is 17.8 Å². The Morgan fingerprint density at radius 3 is 2.33 bits per heavy atom. The minimum Gasteiger partial charge on any atom is -0.463 e. The van der Waals surface area contributed by atoms with Crippen LogP contribution in [0, 0.1) is 0 Å². The molecule has 0 saturated heterocycles. The van der Waals surface area contributed by atoms with Crippen molar-refractivity contribution in [2.75, 3.05) is 13.2 Å². The van der Waals surface area contributed by atoms with Crippen molar-refractivity contribution in [3.63, 3.8) is 0 Å². The topological polar surface area (TPSA) is 75.7 Å². The van der Waals surface area contributed by atoms with E-state index < -0.39 is 5.97 Å². The largest absolute Gasteiger partial charge is 0.463 e. The quantitative estimate of drug-likeness (QED) is 0.717. The molecule has 0 aliphatic carbocycles. The van der Waals surface area contributed by atoms with Crippen molar-refractivity contribution >= 4 is 17.8 Å². The highest BCUT2D eigenvalue weighted by Crippen LogP contribution is 2.36. The van der Waals surface area contributed by atoms with Crippen LogP contribution in [0.2, 0.25) is 0 Å². The fourth-order valence-corrected chi connectivity index (χ4v) is 3.64. The SMILES string of the molecule is CCOC(=O)C1=C(C)N(CC(=O)NCc2ccccc2)C(=O)CC1c1ccccc1. The molecule has 1 N–H and O–H groups in total. The van der Waals surface area contributed by atoms with Gasteiger partial charge in [0.2, 0.25) is 11.8 Å². The van der Waals surface area contributed by atoms with Crippen molar-refractivity contribution in [3.05, 3.63) is 83.1 Å². The number of nitrogens with zero attached hydrogens (tertiary/aromatic N) is 1. The van der Waals surface area contributed by atoms with Crippen LogP contribution in [0.25, 0.3) is 0 Å². The highest BCUT2D eigenvalue weighted by atomic mass is 16.5. The zero-order chi connectivity index (χ0) is 21.5. The van der Waals surface area contributed by atoms with Gasteiger partial charge in [-0.1, -0.05) is 60.7 Å². The van der Waals surface area contributed by atoms with Crippen molar-refractivity contribution in [2.45, 2.75) is 32.7 Å². The first-order chi connectivity index (χ1) is 14.5. The van der Waals surface area contributed by atoms with Crippen LogP contribution in [0.1, 0.15) is 37.3 Å². The number of benzene rings is 2. The van der Waals surface area contributed by atoms with Crippen LogP contribution in [0.5, 0.6) is 0 Å². The van der Waals surface area contributed by atoms with E-state index in [4.69, 9.17) is 4.74 Å². The standard InChI is InChI=1S/C24H26N2O4/c1-3-30-24(29)23-17(2)26(16-21(27)25-15-18-10-6-4-7-11-18)22(28)14-20(23)19-12-8-5-9-13-19/h4-13,20H,3,14-16H2,1-2H3,(H,25,27). The summed E-state index contributed by atoms with van der Waals surface area (Å²) in [4.78, 5) is 39.5. The van der Waals surface area contributed by atoms with Gasteiger partial charge in [-0.25, -0.2) is 4.79 Å². The summed E-state index contributed by atoms with van der Waals surface area (Å²) >= 11 is 0. The smallest absolute Gasteiger partial charge is 0.336 e. The lowest BCUT2D eigenvalue weighted by atomic mass is 9.83. The Bertz CT molecular complexity index is 938. The molecule has 2 amide bonds. The minimum absolute atomic E-state index is 0.113. The summed E-state index contributed by atoms with van der Waals surface area (Å²) in [6.07, 6.45) is 0.113. The molecule has 0 saturated carbocycles. The Labute approximate surface area is 176 Å². The molecule has 1 unspecified atom stereocenters. The van der Waals surface area contributed by atoms with Gasteiger partial charge in [0.25, 0.3) is 0 Å². The van der Waals surface area contributed by atoms with Gasteiger partial charge in [0, 0.05) is 24.6 Å². The summed E-state index contributed by atoms with van der Waals surface area (Å²) in [6, 6.07) is 19.0. The first kappa shape index (κ1) is 21.3. The average molecular weight is 406 g/mol. The molecule has 1 heterocycles. The monoisotopic (exact) mass is 406 g/mol. The number of amides is 2. The summed E-state index contributed by atoms with van der Waals surface area (Å²) in [6.45, 7) is 3.92. The molecule has 30 heavy (non-hydrogen) atoms. The molecule has 2 aromatic rings. The van der Waals surface area contributed by atoms with Crippen molar-refractivity contribution in [3.8, 4) is 0 Å². The second kappa shape index (κ2) is 9.87. The van der Waals surface area contributed by atoms with E-state index in [1.807, 2.05) is 60.7 Å². The Morgan fingerprint density at radius 1 is 1.07 bits per heavy atom. The highest BCUT2D eigenvalue weighted by molar-refractivity contribution is 5.97. The second-order valence-corrected chi connectivity index (χ2v) is 7.13. The van der Waals surface area contributed by atoms with Gasteiger partial charge in [0.1, 0.15) is 6.54 Å². The Hall–Kier alpha value is -3.41. The Kier molecular flexibility index (Phi) is 7.01. The first-order valence-corrected chi connectivity index (χ1v) is 10.0. The maximum absolute atomic E-state index is 12.9. The Balaban J connectivity index is 1.81. The third-order valence-electron chi connectivity index (χ3n) is 5.15. The zero-order valence-electron chi connectivity index (χ0n) is 17.3. The van der Waals surface area contributed by atoms with Gasteiger partial charge >= 0.3 is 5.97 Å². The molecule has 6 heteroatoms. The zero-order valence-corrected chi connectivity index (χ0v) is 17.3. The summed E-state index contributed by atoms with van der Waals surface area (Å²) in [5.41, 5.74) is 2.74. The van der Waals surface area contributed by atoms with Gasteiger partial charge < -0.3 is 15.0 Å². The van der Waals surface area contributed by atoms with Crippen LogP contribution >= 0.6 is 0 Å². The van der Waals surface area contributed by atoms with Crippen molar-refractivity contribution < 1.29 is 19.1 Å². The molecule has 1 atom stereocenters. The number of carbonyl (C=O) groups is 3. The number of rotatable bonds is 7.